The highest BCUT2D eigenvalue weighted by Crippen LogP contribution is 2.10. The number of nitrogens with zero attached hydrogens (tertiary/aromatic N) is 2. The van der Waals surface area contributed by atoms with E-state index < -0.39 is 0 Å². The van der Waals surface area contributed by atoms with Gasteiger partial charge in [0.15, 0.2) is 0 Å². The summed E-state index contributed by atoms with van der Waals surface area (Å²) in [7, 11) is 2.12. The molecule has 1 aliphatic heterocycles. The molecule has 0 saturated carbocycles. The van der Waals surface area contributed by atoms with E-state index in [0.717, 1.165) is 45.4 Å². The Kier molecular flexibility index (Phi) is 5.56. The molecule has 1 heterocycles. The highest BCUT2D eigenvalue weighted by atomic mass is 16.2. The summed E-state index contributed by atoms with van der Waals surface area (Å²) in [4.78, 5) is 16.1. The first-order valence-electron chi connectivity index (χ1n) is 7.43. The van der Waals surface area contributed by atoms with E-state index in [0.29, 0.717) is 0 Å². The predicted octanol–water partition coefficient (Wildman–Crippen LogP) is 1.46. The van der Waals surface area contributed by atoms with E-state index in [1.165, 1.54) is 5.56 Å². The number of hydrogen-bond acceptors (Lipinski definition) is 3. The number of amides is 1. The van der Waals surface area contributed by atoms with Crippen LogP contribution in [0.5, 0.6) is 0 Å². The Bertz CT molecular complexity index is 421. The fourth-order valence-electron chi connectivity index (χ4n) is 2.70. The van der Waals surface area contributed by atoms with Gasteiger partial charge >= 0.3 is 0 Å². The van der Waals surface area contributed by atoms with Crippen LogP contribution in [0.15, 0.2) is 30.3 Å². The largest absolute Gasteiger partial charge is 0.341 e. The highest BCUT2D eigenvalue weighted by molar-refractivity contribution is 5.82. The fraction of sp³-hybridized carbons (Fsp3) is 0.562. The van der Waals surface area contributed by atoms with Crippen LogP contribution in [0.3, 0.4) is 0 Å². The third-order valence-electron chi connectivity index (χ3n) is 3.84. The molecule has 0 bridgehead atoms. The van der Waals surface area contributed by atoms with Crippen LogP contribution >= 0.6 is 0 Å². The molecule has 0 aliphatic carbocycles. The molecule has 4 nitrogen and oxygen atoms in total. The third-order valence-corrected chi connectivity index (χ3v) is 3.84. The minimum absolute atomic E-state index is 0.127. The lowest BCUT2D eigenvalue weighted by Gasteiger charge is -2.31. The van der Waals surface area contributed by atoms with E-state index in [2.05, 4.69) is 36.2 Å². The number of rotatable bonds is 6. The first-order chi connectivity index (χ1) is 9.66. The maximum Gasteiger partial charge on any atom is 0.239 e. The van der Waals surface area contributed by atoms with E-state index in [4.69, 9.17) is 5.73 Å². The summed E-state index contributed by atoms with van der Waals surface area (Å²) in [6.07, 6.45) is 2.87. The van der Waals surface area contributed by atoms with Crippen molar-refractivity contribution in [2.75, 3.05) is 26.7 Å². The fourth-order valence-corrected chi connectivity index (χ4v) is 2.70. The van der Waals surface area contributed by atoms with Crippen LogP contribution in [-0.2, 0) is 11.3 Å². The molecule has 0 spiro atoms. The van der Waals surface area contributed by atoms with Gasteiger partial charge in [-0.3, -0.25) is 4.79 Å². The maximum absolute atomic E-state index is 11.9. The maximum atomic E-state index is 11.9. The van der Waals surface area contributed by atoms with Crippen molar-refractivity contribution >= 4 is 5.91 Å². The predicted molar refractivity (Wildman–Crippen MR) is 81.2 cm³/mol. The molecular formula is C16H25N3O. The number of likely N-dealkylation sites (tertiary alicyclic amines) is 1. The minimum atomic E-state index is -0.272. The zero-order chi connectivity index (χ0) is 14.4. The third kappa shape index (κ3) is 4.32. The summed E-state index contributed by atoms with van der Waals surface area (Å²) >= 11 is 0. The van der Waals surface area contributed by atoms with Crippen LogP contribution in [0.4, 0.5) is 0 Å². The monoisotopic (exact) mass is 275 g/mol. The first kappa shape index (κ1) is 15.0. The summed E-state index contributed by atoms with van der Waals surface area (Å²) in [5, 5.41) is 0. The van der Waals surface area contributed by atoms with Crippen molar-refractivity contribution in [3.63, 3.8) is 0 Å². The van der Waals surface area contributed by atoms with Gasteiger partial charge in [0.05, 0.1) is 6.04 Å². The zero-order valence-electron chi connectivity index (χ0n) is 12.3. The number of piperidine rings is 1. The average Bonchev–Trinajstić information content (AvgIpc) is 2.44. The molecule has 1 unspecified atom stereocenters. The van der Waals surface area contributed by atoms with Crippen LogP contribution in [0.1, 0.15) is 24.8 Å². The summed E-state index contributed by atoms with van der Waals surface area (Å²) in [5.74, 6) is 0.127. The lowest BCUT2D eigenvalue weighted by molar-refractivity contribution is -0.135. The molecule has 1 amide bonds. The second kappa shape index (κ2) is 7.41. The van der Waals surface area contributed by atoms with Gasteiger partial charge in [-0.2, -0.15) is 0 Å². The number of hydrogen-bond donors (Lipinski definition) is 1. The van der Waals surface area contributed by atoms with Gasteiger partial charge in [0.2, 0.25) is 5.91 Å². The van der Waals surface area contributed by atoms with E-state index in [1.807, 2.05) is 11.0 Å². The summed E-state index contributed by atoms with van der Waals surface area (Å²) in [6, 6.07) is 10.2. The number of benzene rings is 1. The Morgan fingerprint density at radius 3 is 2.85 bits per heavy atom. The Balaban J connectivity index is 1.69. The van der Waals surface area contributed by atoms with Gasteiger partial charge in [0.25, 0.3) is 0 Å². The number of carbonyl (C=O) groups excluding carboxylic acids is 1. The van der Waals surface area contributed by atoms with Crippen LogP contribution in [-0.4, -0.2) is 48.4 Å². The van der Waals surface area contributed by atoms with Crippen LogP contribution in [0.2, 0.25) is 0 Å². The highest BCUT2D eigenvalue weighted by Gasteiger charge is 2.24. The minimum Gasteiger partial charge on any atom is -0.341 e. The summed E-state index contributed by atoms with van der Waals surface area (Å²) < 4.78 is 0. The van der Waals surface area contributed by atoms with Crippen molar-refractivity contribution in [3.8, 4) is 0 Å². The molecule has 1 atom stereocenters. The smallest absolute Gasteiger partial charge is 0.239 e. The second-order valence-electron chi connectivity index (χ2n) is 5.65. The quantitative estimate of drug-likeness (QED) is 0.855. The van der Waals surface area contributed by atoms with Gasteiger partial charge in [0, 0.05) is 19.6 Å². The topological polar surface area (TPSA) is 49.6 Å². The average molecular weight is 275 g/mol. The molecule has 0 radical (unpaired) electrons. The van der Waals surface area contributed by atoms with Gasteiger partial charge in [-0.05, 0) is 38.4 Å². The van der Waals surface area contributed by atoms with Crippen molar-refractivity contribution in [3.05, 3.63) is 35.9 Å². The van der Waals surface area contributed by atoms with Crippen molar-refractivity contribution in [2.45, 2.75) is 31.8 Å². The summed E-state index contributed by atoms with van der Waals surface area (Å²) in [5.41, 5.74) is 7.13. The molecule has 110 valence electrons. The van der Waals surface area contributed by atoms with Crippen LogP contribution in [0.25, 0.3) is 0 Å². The van der Waals surface area contributed by atoms with E-state index in [9.17, 15) is 4.79 Å². The van der Waals surface area contributed by atoms with Crippen molar-refractivity contribution < 1.29 is 4.79 Å². The Morgan fingerprint density at radius 1 is 1.35 bits per heavy atom. The van der Waals surface area contributed by atoms with Crippen molar-refractivity contribution in [1.29, 1.82) is 0 Å². The first-order valence-corrected chi connectivity index (χ1v) is 7.43. The van der Waals surface area contributed by atoms with Crippen molar-refractivity contribution in [1.82, 2.24) is 9.80 Å². The Hall–Kier alpha value is -1.39. The van der Waals surface area contributed by atoms with E-state index in [-0.39, 0.29) is 11.9 Å². The molecule has 0 aromatic heterocycles. The number of carbonyl (C=O) groups is 1. The summed E-state index contributed by atoms with van der Waals surface area (Å²) in [6.45, 7) is 3.64. The van der Waals surface area contributed by atoms with Gasteiger partial charge < -0.3 is 15.5 Å². The van der Waals surface area contributed by atoms with Gasteiger partial charge in [0.1, 0.15) is 0 Å². The van der Waals surface area contributed by atoms with Gasteiger partial charge in [-0.1, -0.05) is 30.3 Å². The molecule has 1 aliphatic rings. The molecule has 1 aromatic carbocycles. The molecule has 1 aromatic rings. The molecular weight excluding hydrogens is 250 g/mol. The molecule has 20 heavy (non-hydrogen) atoms. The second-order valence-corrected chi connectivity index (χ2v) is 5.65. The normalized spacial score (nSPS) is 19.6. The van der Waals surface area contributed by atoms with Crippen molar-refractivity contribution in [2.24, 2.45) is 5.73 Å². The van der Waals surface area contributed by atoms with E-state index in [1.54, 1.807) is 0 Å². The lowest BCUT2D eigenvalue weighted by Crippen LogP contribution is -2.48. The zero-order valence-corrected chi connectivity index (χ0v) is 12.3. The van der Waals surface area contributed by atoms with E-state index >= 15 is 0 Å². The molecule has 4 heteroatoms. The SMILES string of the molecule is CN(CCCN1CCCC(N)C1=O)Cc1ccccc1. The molecule has 2 N–H and O–H groups in total. The Morgan fingerprint density at radius 2 is 2.10 bits per heavy atom. The van der Waals surface area contributed by atoms with Crippen LogP contribution < -0.4 is 5.73 Å². The van der Waals surface area contributed by atoms with Crippen LogP contribution in [0, 0.1) is 0 Å². The lowest BCUT2D eigenvalue weighted by atomic mass is 10.1. The molecule has 2 rings (SSSR count). The number of nitrogens with two attached hydrogens (primary N) is 1. The molecule has 1 fully saturated rings. The van der Waals surface area contributed by atoms with Gasteiger partial charge in [-0.15, -0.1) is 0 Å². The standard InChI is InChI=1S/C16H25N3O/c1-18(13-14-7-3-2-4-8-14)10-6-12-19-11-5-9-15(17)16(19)20/h2-4,7-8,15H,5-6,9-13,17H2,1H3. The van der Waals surface area contributed by atoms with Gasteiger partial charge in [-0.25, -0.2) is 0 Å². The Labute approximate surface area is 121 Å². The molecule has 1 saturated heterocycles.